The fourth-order valence-corrected chi connectivity index (χ4v) is 2.44. The van der Waals surface area contributed by atoms with Gasteiger partial charge in [0.2, 0.25) is 0 Å². The Bertz CT molecular complexity index is 713. The molecule has 134 valence electrons. The van der Waals surface area contributed by atoms with Crippen molar-refractivity contribution in [3.05, 3.63) is 52.8 Å². The van der Waals surface area contributed by atoms with Gasteiger partial charge >= 0.3 is 6.03 Å². The number of nitrogens with zero attached hydrogens (tertiary/aromatic N) is 2. The van der Waals surface area contributed by atoms with Crippen LogP contribution >= 0.6 is 0 Å². The predicted octanol–water partition coefficient (Wildman–Crippen LogP) is 2.79. The summed E-state index contributed by atoms with van der Waals surface area (Å²) >= 11 is 0. The van der Waals surface area contributed by atoms with Crippen LogP contribution in [-0.2, 0) is 6.54 Å². The molecule has 0 atom stereocenters. The topological polar surface area (TPSA) is 76.0 Å². The Morgan fingerprint density at radius 1 is 1.00 bits per heavy atom. The van der Waals surface area contributed by atoms with Crippen molar-refractivity contribution in [3.63, 3.8) is 0 Å². The van der Waals surface area contributed by atoms with E-state index in [4.69, 9.17) is 0 Å². The van der Waals surface area contributed by atoms with Gasteiger partial charge < -0.3 is 10.6 Å². The monoisotopic (exact) mass is 342 g/mol. The zero-order valence-corrected chi connectivity index (χ0v) is 14.7. The number of hydrogen-bond acceptors (Lipinski definition) is 3. The summed E-state index contributed by atoms with van der Waals surface area (Å²) in [4.78, 5) is 23.3. The normalized spacial score (nSPS) is 10.4. The van der Waals surface area contributed by atoms with Crippen molar-refractivity contribution in [2.45, 2.75) is 39.2 Å². The van der Waals surface area contributed by atoms with E-state index < -0.39 is 0 Å². The molecule has 1 aromatic heterocycles. The summed E-state index contributed by atoms with van der Waals surface area (Å²) in [6.45, 7) is 3.94. The Morgan fingerprint density at radius 2 is 1.76 bits per heavy atom. The maximum absolute atomic E-state index is 11.9. The quantitative estimate of drug-likeness (QED) is 0.688. The highest BCUT2D eigenvalue weighted by molar-refractivity contribution is 5.73. The molecule has 6 nitrogen and oxygen atoms in total. The molecule has 0 unspecified atom stereocenters. The number of rotatable bonds is 9. The van der Waals surface area contributed by atoms with E-state index in [0.29, 0.717) is 19.6 Å². The molecule has 2 rings (SSSR count). The lowest BCUT2D eigenvalue weighted by Crippen LogP contribution is -2.36. The first-order valence-corrected chi connectivity index (χ1v) is 8.86. The maximum atomic E-state index is 11.9. The lowest BCUT2D eigenvalue weighted by molar-refractivity contribution is 0.240. The number of nitrogens with one attached hydrogen (secondary N) is 2. The molecule has 0 saturated heterocycles. The lowest BCUT2D eigenvalue weighted by Gasteiger charge is -2.08. The van der Waals surface area contributed by atoms with Gasteiger partial charge in [-0.05, 0) is 31.7 Å². The number of carbonyl (C=O) groups is 1. The Labute approximate surface area is 148 Å². The molecule has 0 radical (unpaired) electrons. The van der Waals surface area contributed by atoms with Crippen molar-refractivity contribution in [1.29, 1.82) is 0 Å². The maximum Gasteiger partial charge on any atom is 0.314 e. The number of amides is 2. The molecular weight excluding hydrogens is 316 g/mol. The average Bonchev–Trinajstić information content (AvgIpc) is 2.64. The van der Waals surface area contributed by atoms with Crippen molar-refractivity contribution in [1.82, 2.24) is 20.4 Å². The molecule has 0 saturated carbocycles. The highest BCUT2D eigenvalue weighted by Gasteiger charge is 2.03. The lowest BCUT2D eigenvalue weighted by atomic mass is 10.1. The Balaban J connectivity index is 1.76. The van der Waals surface area contributed by atoms with Crippen LogP contribution in [0.4, 0.5) is 4.79 Å². The Hall–Kier alpha value is -2.63. The third kappa shape index (κ3) is 6.41. The first-order chi connectivity index (χ1) is 12.2. The van der Waals surface area contributed by atoms with E-state index in [1.54, 1.807) is 12.1 Å². The second-order valence-electron chi connectivity index (χ2n) is 5.89. The van der Waals surface area contributed by atoms with Crippen LogP contribution in [0.15, 0.2) is 47.3 Å². The number of unbranched alkanes of at least 4 members (excludes halogenated alkanes) is 2. The van der Waals surface area contributed by atoms with E-state index in [0.717, 1.165) is 36.9 Å². The van der Waals surface area contributed by atoms with Crippen LogP contribution in [0.3, 0.4) is 0 Å². The number of carbonyl (C=O) groups excluding carboxylic acids is 1. The summed E-state index contributed by atoms with van der Waals surface area (Å²) in [5.74, 6) is 0. The molecule has 0 fully saturated rings. The minimum Gasteiger partial charge on any atom is -0.338 e. The van der Waals surface area contributed by atoms with Gasteiger partial charge in [0.1, 0.15) is 0 Å². The fourth-order valence-electron chi connectivity index (χ4n) is 2.44. The number of hydrogen-bond donors (Lipinski definition) is 2. The van der Waals surface area contributed by atoms with Gasteiger partial charge in [-0.25, -0.2) is 9.48 Å². The number of aromatic nitrogens is 2. The molecule has 1 aromatic carbocycles. The van der Waals surface area contributed by atoms with Gasteiger partial charge in [-0.2, -0.15) is 5.10 Å². The van der Waals surface area contributed by atoms with Crippen LogP contribution < -0.4 is 16.2 Å². The molecule has 0 aliphatic carbocycles. The van der Waals surface area contributed by atoms with E-state index in [2.05, 4.69) is 15.7 Å². The number of aryl methyl sites for hydroxylation is 1. The van der Waals surface area contributed by atoms with Gasteiger partial charge in [-0.15, -0.1) is 0 Å². The van der Waals surface area contributed by atoms with Crippen molar-refractivity contribution in [3.8, 4) is 11.3 Å². The molecule has 6 heteroatoms. The fraction of sp³-hybridized carbons (Fsp3) is 0.421. The molecule has 2 aromatic rings. The third-order valence-corrected chi connectivity index (χ3v) is 3.80. The Morgan fingerprint density at radius 3 is 2.52 bits per heavy atom. The van der Waals surface area contributed by atoms with Gasteiger partial charge in [0.15, 0.2) is 0 Å². The molecule has 2 N–H and O–H groups in total. The molecule has 0 bridgehead atoms. The van der Waals surface area contributed by atoms with E-state index >= 15 is 0 Å². The zero-order chi connectivity index (χ0) is 17.9. The number of benzene rings is 1. The van der Waals surface area contributed by atoms with E-state index in [-0.39, 0.29) is 11.6 Å². The summed E-state index contributed by atoms with van der Waals surface area (Å²) in [7, 11) is 0. The predicted molar refractivity (Wildman–Crippen MR) is 99.5 cm³/mol. The van der Waals surface area contributed by atoms with E-state index in [1.165, 1.54) is 4.68 Å². The summed E-state index contributed by atoms with van der Waals surface area (Å²) in [6, 6.07) is 13.0. The summed E-state index contributed by atoms with van der Waals surface area (Å²) in [6.07, 6.45) is 3.59. The summed E-state index contributed by atoms with van der Waals surface area (Å²) in [5, 5.41) is 10.0. The van der Waals surface area contributed by atoms with Crippen molar-refractivity contribution in [2.75, 3.05) is 13.1 Å². The molecular formula is C19H26N4O2. The van der Waals surface area contributed by atoms with Gasteiger partial charge in [-0.3, -0.25) is 4.79 Å². The second-order valence-corrected chi connectivity index (χ2v) is 5.89. The van der Waals surface area contributed by atoms with Crippen LogP contribution in [0.5, 0.6) is 0 Å². The van der Waals surface area contributed by atoms with E-state index in [1.807, 2.05) is 37.3 Å². The molecule has 2 amide bonds. The molecule has 0 aliphatic heterocycles. The third-order valence-electron chi connectivity index (χ3n) is 3.80. The average molecular weight is 342 g/mol. The molecule has 0 aliphatic rings. The first kappa shape index (κ1) is 18.7. The second kappa shape index (κ2) is 10.3. The summed E-state index contributed by atoms with van der Waals surface area (Å²) < 4.78 is 1.52. The van der Waals surface area contributed by atoms with Crippen LogP contribution in [0, 0.1) is 0 Å². The molecule has 1 heterocycles. The smallest absolute Gasteiger partial charge is 0.314 e. The van der Waals surface area contributed by atoms with Gasteiger partial charge in [-0.1, -0.05) is 37.3 Å². The van der Waals surface area contributed by atoms with Crippen LogP contribution in [0.25, 0.3) is 11.3 Å². The molecule has 25 heavy (non-hydrogen) atoms. The number of urea groups is 1. The Kier molecular flexibility index (Phi) is 7.69. The van der Waals surface area contributed by atoms with Gasteiger partial charge in [0.25, 0.3) is 5.56 Å². The minimum absolute atomic E-state index is 0.0863. The highest BCUT2D eigenvalue weighted by atomic mass is 16.2. The highest BCUT2D eigenvalue weighted by Crippen LogP contribution is 2.14. The van der Waals surface area contributed by atoms with Crippen molar-refractivity contribution < 1.29 is 4.79 Å². The van der Waals surface area contributed by atoms with Crippen molar-refractivity contribution in [2.24, 2.45) is 0 Å². The van der Waals surface area contributed by atoms with Crippen LogP contribution in [0.1, 0.15) is 32.6 Å². The van der Waals surface area contributed by atoms with E-state index in [9.17, 15) is 9.59 Å². The standard InChI is InChI=1S/C19H26N4O2/c1-2-13-20-19(25)21-14-7-4-8-15-23-18(24)12-11-17(22-23)16-9-5-3-6-10-16/h3,5-6,9-12H,2,4,7-8,13-15H2,1H3,(H2,20,21,25). The van der Waals surface area contributed by atoms with Crippen molar-refractivity contribution >= 4 is 6.03 Å². The minimum atomic E-state index is -0.115. The largest absolute Gasteiger partial charge is 0.338 e. The van der Waals surface area contributed by atoms with Gasteiger partial charge in [0, 0.05) is 31.3 Å². The van der Waals surface area contributed by atoms with Crippen LogP contribution in [0.2, 0.25) is 0 Å². The van der Waals surface area contributed by atoms with Crippen LogP contribution in [-0.4, -0.2) is 28.9 Å². The van der Waals surface area contributed by atoms with Gasteiger partial charge in [0.05, 0.1) is 5.69 Å². The zero-order valence-electron chi connectivity index (χ0n) is 14.7. The first-order valence-electron chi connectivity index (χ1n) is 8.86. The summed E-state index contributed by atoms with van der Waals surface area (Å²) in [5.41, 5.74) is 1.71. The SMILES string of the molecule is CCCNC(=O)NCCCCCn1nc(-c2ccccc2)ccc1=O. The molecule has 0 spiro atoms.